The number of benzene rings is 4. The molecule has 1 heteroatoms. The molecule has 0 N–H and O–H groups in total. The Balaban J connectivity index is 1.80. The maximum absolute atomic E-state index is 4.77. The molecule has 0 aliphatic rings. The van der Waals surface area contributed by atoms with Crippen LogP contribution in [0.3, 0.4) is 0 Å². The molecule has 0 bridgehead atoms. The lowest BCUT2D eigenvalue weighted by atomic mass is 9.85. The number of fused-ring (bicyclic) bond motifs is 5. The van der Waals surface area contributed by atoms with Crippen LogP contribution >= 0.6 is 0 Å². The van der Waals surface area contributed by atoms with Gasteiger partial charge in [0.05, 0.1) is 5.69 Å². The molecule has 5 rings (SSSR count). The van der Waals surface area contributed by atoms with E-state index < -0.39 is 0 Å². The van der Waals surface area contributed by atoms with Crippen LogP contribution in [0.2, 0.25) is 0 Å². The monoisotopic (exact) mass is 361 g/mol. The fourth-order valence-electron chi connectivity index (χ4n) is 4.12. The maximum atomic E-state index is 4.77. The Bertz CT molecular complexity index is 1340. The third-order valence-electron chi connectivity index (χ3n) is 5.67. The molecule has 136 valence electrons. The Hall–Kier alpha value is -3.19. The van der Waals surface area contributed by atoms with Crippen LogP contribution in [0, 0.1) is 0 Å². The van der Waals surface area contributed by atoms with Gasteiger partial charge in [-0.3, -0.25) is 4.98 Å². The van der Waals surface area contributed by atoms with Gasteiger partial charge in [0.25, 0.3) is 0 Å². The van der Waals surface area contributed by atoms with Gasteiger partial charge in [-0.1, -0.05) is 87.5 Å². The molecule has 0 radical (unpaired) electrons. The lowest BCUT2D eigenvalue weighted by Gasteiger charge is -2.20. The summed E-state index contributed by atoms with van der Waals surface area (Å²) in [4.78, 5) is 4.77. The highest BCUT2D eigenvalue weighted by Crippen LogP contribution is 2.35. The molecule has 0 aliphatic carbocycles. The van der Waals surface area contributed by atoms with E-state index in [1.165, 1.54) is 43.4 Å². The van der Waals surface area contributed by atoms with Crippen molar-refractivity contribution in [3.05, 3.63) is 90.6 Å². The van der Waals surface area contributed by atoms with Gasteiger partial charge >= 0.3 is 0 Å². The van der Waals surface area contributed by atoms with Crippen LogP contribution in [0.15, 0.2) is 85.1 Å². The van der Waals surface area contributed by atoms with E-state index in [4.69, 9.17) is 4.98 Å². The van der Waals surface area contributed by atoms with Crippen LogP contribution in [0.1, 0.15) is 26.3 Å². The Morgan fingerprint density at radius 2 is 1.32 bits per heavy atom. The fourth-order valence-corrected chi connectivity index (χ4v) is 4.12. The summed E-state index contributed by atoms with van der Waals surface area (Å²) in [6.07, 6.45) is 1.94. The minimum absolute atomic E-state index is 0.117. The highest BCUT2D eigenvalue weighted by Gasteiger charge is 2.15. The first-order valence-electron chi connectivity index (χ1n) is 9.82. The lowest BCUT2D eigenvalue weighted by molar-refractivity contribution is 0.590. The van der Waals surface area contributed by atoms with Crippen LogP contribution in [-0.2, 0) is 5.41 Å². The molecule has 28 heavy (non-hydrogen) atoms. The summed E-state index contributed by atoms with van der Waals surface area (Å²) in [5.41, 5.74) is 3.68. The van der Waals surface area contributed by atoms with Gasteiger partial charge in [-0.15, -0.1) is 0 Å². The van der Waals surface area contributed by atoms with E-state index in [2.05, 4.69) is 99.6 Å². The molecule has 0 spiro atoms. The number of hydrogen-bond acceptors (Lipinski definition) is 1. The van der Waals surface area contributed by atoms with Crippen molar-refractivity contribution < 1.29 is 0 Å². The summed E-state index contributed by atoms with van der Waals surface area (Å²) in [6.45, 7) is 6.75. The molecule has 0 fully saturated rings. The van der Waals surface area contributed by atoms with E-state index in [1.54, 1.807) is 0 Å². The molecule has 4 aromatic carbocycles. The zero-order valence-electron chi connectivity index (χ0n) is 16.5. The van der Waals surface area contributed by atoms with Crippen LogP contribution in [0.25, 0.3) is 43.6 Å². The minimum atomic E-state index is 0.117. The van der Waals surface area contributed by atoms with E-state index >= 15 is 0 Å². The molecule has 5 aromatic rings. The van der Waals surface area contributed by atoms with Crippen molar-refractivity contribution in [2.24, 2.45) is 0 Å². The van der Waals surface area contributed by atoms with Gasteiger partial charge in [-0.25, -0.2) is 0 Å². The van der Waals surface area contributed by atoms with Crippen LogP contribution < -0.4 is 0 Å². The van der Waals surface area contributed by atoms with Gasteiger partial charge in [0, 0.05) is 17.1 Å². The predicted molar refractivity (Wildman–Crippen MR) is 121 cm³/mol. The van der Waals surface area contributed by atoms with Crippen LogP contribution in [-0.4, -0.2) is 4.98 Å². The molecule has 1 heterocycles. The van der Waals surface area contributed by atoms with Crippen LogP contribution in [0.4, 0.5) is 0 Å². The SMILES string of the molecule is CC(C)(C)c1cccc(-c2nccc3c2ccc2c4ccccc4ccc32)c1. The molecule has 0 amide bonds. The molecule has 1 aromatic heterocycles. The van der Waals surface area contributed by atoms with E-state index in [0.29, 0.717) is 0 Å². The zero-order valence-corrected chi connectivity index (χ0v) is 16.5. The van der Waals surface area contributed by atoms with Crippen molar-refractivity contribution in [1.29, 1.82) is 0 Å². The van der Waals surface area contributed by atoms with Gasteiger partial charge < -0.3 is 0 Å². The zero-order chi connectivity index (χ0) is 19.3. The third-order valence-corrected chi connectivity index (χ3v) is 5.67. The first-order valence-corrected chi connectivity index (χ1v) is 9.82. The highest BCUT2D eigenvalue weighted by atomic mass is 14.7. The van der Waals surface area contributed by atoms with E-state index in [1.807, 2.05) is 6.20 Å². The molecular formula is C27H23N. The Labute approximate surface area is 165 Å². The van der Waals surface area contributed by atoms with Crippen molar-refractivity contribution in [3.8, 4) is 11.3 Å². The summed E-state index contributed by atoms with van der Waals surface area (Å²) in [6, 6.07) is 28.5. The number of nitrogens with zero attached hydrogens (tertiary/aromatic N) is 1. The highest BCUT2D eigenvalue weighted by molar-refractivity contribution is 6.18. The number of rotatable bonds is 1. The lowest BCUT2D eigenvalue weighted by Crippen LogP contribution is -2.10. The first kappa shape index (κ1) is 16.9. The molecule has 0 atom stereocenters. The average Bonchev–Trinajstić information content (AvgIpc) is 2.72. The summed E-state index contributed by atoms with van der Waals surface area (Å²) in [7, 11) is 0. The second-order valence-electron chi connectivity index (χ2n) is 8.53. The third kappa shape index (κ3) is 2.66. The molecule has 0 unspecified atom stereocenters. The Kier molecular flexibility index (Phi) is 3.73. The van der Waals surface area contributed by atoms with Gasteiger partial charge in [0.2, 0.25) is 0 Å². The molecule has 0 saturated heterocycles. The minimum Gasteiger partial charge on any atom is -0.256 e. The average molecular weight is 361 g/mol. The standard InChI is InChI=1S/C27H23N/c1-27(2,3)20-9-6-8-19(17-20)26-25-14-13-22-21-10-5-4-7-18(21)11-12-23(22)24(25)15-16-28-26/h4-17H,1-3H3. The fraction of sp³-hybridized carbons (Fsp3) is 0.148. The van der Waals surface area contributed by atoms with Crippen molar-refractivity contribution in [3.63, 3.8) is 0 Å². The van der Waals surface area contributed by atoms with Crippen molar-refractivity contribution in [2.75, 3.05) is 0 Å². The quantitative estimate of drug-likeness (QED) is 0.282. The number of aromatic nitrogens is 1. The van der Waals surface area contributed by atoms with E-state index in [-0.39, 0.29) is 5.41 Å². The number of pyridine rings is 1. The van der Waals surface area contributed by atoms with Gasteiger partial charge in [-0.05, 0) is 50.0 Å². The largest absolute Gasteiger partial charge is 0.256 e. The first-order chi connectivity index (χ1) is 13.5. The van der Waals surface area contributed by atoms with E-state index in [0.717, 1.165) is 5.69 Å². The molecule has 1 nitrogen and oxygen atoms in total. The van der Waals surface area contributed by atoms with Crippen molar-refractivity contribution in [1.82, 2.24) is 4.98 Å². The van der Waals surface area contributed by atoms with E-state index in [9.17, 15) is 0 Å². The summed E-state index contributed by atoms with van der Waals surface area (Å²) >= 11 is 0. The Morgan fingerprint density at radius 1 is 0.607 bits per heavy atom. The Morgan fingerprint density at radius 3 is 2.18 bits per heavy atom. The molecule has 0 saturated carbocycles. The van der Waals surface area contributed by atoms with Crippen molar-refractivity contribution in [2.45, 2.75) is 26.2 Å². The summed E-state index contributed by atoms with van der Waals surface area (Å²) in [5, 5.41) is 7.63. The van der Waals surface area contributed by atoms with Gasteiger partial charge in [-0.2, -0.15) is 0 Å². The second-order valence-corrected chi connectivity index (χ2v) is 8.53. The van der Waals surface area contributed by atoms with Crippen LogP contribution in [0.5, 0.6) is 0 Å². The summed E-state index contributed by atoms with van der Waals surface area (Å²) < 4.78 is 0. The summed E-state index contributed by atoms with van der Waals surface area (Å²) in [5.74, 6) is 0. The molecule has 0 aliphatic heterocycles. The maximum Gasteiger partial charge on any atom is 0.0780 e. The predicted octanol–water partition coefficient (Wildman–Crippen LogP) is 7.51. The second kappa shape index (κ2) is 6.17. The van der Waals surface area contributed by atoms with Gasteiger partial charge in [0.1, 0.15) is 0 Å². The normalized spacial score (nSPS) is 12.1. The number of hydrogen-bond donors (Lipinski definition) is 0. The topological polar surface area (TPSA) is 12.9 Å². The van der Waals surface area contributed by atoms with Crippen molar-refractivity contribution >= 4 is 32.3 Å². The molecular weight excluding hydrogens is 338 g/mol. The van der Waals surface area contributed by atoms with Gasteiger partial charge in [0.15, 0.2) is 0 Å². The smallest absolute Gasteiger partial charge is 0.0780 e.